The molecule has 0 N–H and O–H groups in total. The molecule has 0 radical (unpaired) electrons. The molecule has 3 aromatic rings. The number of hydrogen-bond donors (Lipinski definition) is 0. The van der Waals surface area contributed by atoms with Crippen molar-refractivity contribution >= 4 is 5.65 Å². The molecule has 3 heterocycles. The molecule has 1 aromatic carbocycles. The predicted octanol–water partition coefficient (Wildman–Crippen LogP) is 1.43. The Morgan fingerprint density at radius 2 is 2.12 bits per heavy atom. The Hall–Kier alpha value is -2.67. The summed E-state index contributed by atoms with van der Waals surface area (Å²) in [5.74, 6) is 2.20. The van der Waals surface area contributed by atoms with Crippen molar-refractivity contribution in [3.63, 3.8) is 0 Å². The molecule has 1 atom stereocenters. The highest BCUT2D eigenvalue weighted by Gasteiger charge is 2.23. The molecule has 1 aliphatic rings. The van der Waals surface area contributed by atoms with Gasteiger partial charge in [0.05, 0.1) is 13.2 Å². The van der Waals surface area contributed by atoms with E-state index in [9.17, 15) is 4.79 Å². The molecule has 0 amide bonds. The standard InChI is InChI=1S/C18H21N5O2/c1-21(11-13-7-10-25-15-6-4-3-5-14(13)15)12-16-19-20-17-18(24)22(2)8-9-23(16)17/h3-6,8-9,13H,7,10-12H2,1-2H3. The van der Waals surface area contributed by atoms with Crippen LogP contribution in [0, 0.1) is 0 Å². The molecule has 25 heavy (non-hydrogen) atoms. The van der Waals surface area contributed by atoms with Crippen LogP contribution in [0.5, 0.6) is 5.75 Å². The van der Waals surface area contributed by atoms with Gasteiger partial charge in [-0.25, -0.2) is 0 Å². The van der Waals surface area contributed by atoms with E-state index in [1.807, 2.05) is 18.3 Å². The number of ether oxygens (including phenoxy) is 1. The van der Waals surface area contributed by atoms with E-state index in [0.717, 1.165) is 31.1 Å². The van der Waals surface area contributed by atoms with Gasteiger partial charge in [-0.15, -0.1) is 10.2 Å². The van der Waals surface area contributed by atoms with E-state index in [4.69, 9.17) is 4.74 Å². The lowest BCUT2D eigenvalue weighted by Gasteiger charge is -2.29. The highest BCUT2D eigenvalue weighted by Crippen LogP contribution is 2.33. The van der Waals surface area contributed by atoms with E-state index in [1.54, 1.807) is 17.6 Å². The Kier molecular flexibility index (Phi) is 4.01. The summed E-state index contributed by atoms with van der Waals surface area (Å²) >= 11 is 0. The van der Waals surface area contributed by atoms with Crippen LogP contribution < -0.4 is 10.3 Å². The molecule has 1 aliphatic heterocycles. The Bertz CT molecular complexity index is 961. The summed E-state index contributed by atoms with van der Waals surface area (Å²) in [7, 11) is 3.78. The van der Waals surface area contributed by atoms with Gasteiger partial charge in [0.2, 0.25) is 5.65 Å². The van der Waals surface area contributed by atoms with Gasteiger partial charge in [0.25, 0.3) is 5.56 Å². The average Bonchev–Trinajstić information content (AvgIpc) is 3.02. The van der Waals surface area contributed by atoms with Crippen molar-refractivity contribution in [1.82, 2.24) is 24.1 Å². The van der Waals surface area contributed by atoms with E-state index in [1.165, 1.54) is 10.1 Å². The number of aryl methyl sites for hydroxylation is 1. The van der Waals surface area contributed by atoms with Crippen LogP contribution in [0.2, 0.25) is 0 Å². The molecule has 130 valence electrons. The molecule has 7 heteroatoms. The molecule has 0 spiro atoms. The number of hydrogen-bond acceptors (Lipinski definition) is 5. The van der Waals surface area contributed by atoms with Crippen molar-refractivity contribution in [1.29, 1.82) is 0 Å². The number of aromatic nitrogens is 4. The minimum absolute atomic E-state index is 0.137. The fourth-order valence-corrected chi connectivity index (χ4v) is 3.41. The minimum atomic E-state index is -0.137. The van der Waals surface area contributed by atoms with Crippen molar-refractivity contribution in [2.75, 3.05) is 20.2 Å². The molecule has 0 saturated heterocycles. The molecule has 0 fully saturated rings. The van der Waals surface area contributed by atoms with Crippen molar-refractivity contribution in [2.45, 2.75) is 18.9 Å². The van der Waals surface area contributed by atoms with E-state index in [-0.39, 0.29) is 5.56 Å². The Morgan fingerprint density at radius 1 is 1.28 bits per heavy atom. The summed E-state index contributed by atoms with van der Waals surface area (Å²) in [6.07, 6.45) is 4.57. The van der Waals surface area contributed by atoms with Crippen molar-refractivity contribution in [2.24, 2.45) is 7.05 Å². The number of likely N-dealkylation sites (N-methyl/N-ethyl adjacent to an activating group) is 1. The first kappa shape index (κ1) is 15.8. The van der Waals surface area contributed by atoms with Gasteiger partial charge in [0.15, 0.2) is 5.82 Å². The van der Waals surface area contributed by atoms with Crippen molar-refractivity contribution in [3.8, 4) is 5.75 Å². The highest BCUT2D eigenvalue weighted by molar-refractivity contribution is 5.38. The first-order chi connectivity index (χ1) is 12.1. The van der Waals surface area contributed by atoms with E-state index < -0.39 is 0 Å². The molecule has 0 aliphatic carbocycles. The van der Waals surface area contributed by atoms with Gasteiger partial charge in [-0.2, -0.15) is 0 Å². The zero-order valence-electron chi connectivity index (χ0n) is 14.4. The van der Waals surface area contributed by atoms with Crippen LogP contribution in [0.25, 0.3) is 5.65 Å². The number of para-hydroxylation sites is 1. The van der Waals surface area contributed by atoms with Crippen LogP contribution in [0.15, 0.2) is 41.5 Å². The van der Waals surface area contributed by atoms with Gasteiger partial charge < -0.3 is 9.30 Å². The Balaban J connectivity index is 1.53. The molecule has 0 saturated carbocycles. The zero-order chi connectivity index (χ0) is 17.4. The summed E-state index contributed by atoms with van der Waals surface area (Å²) in [4.78, 5) is 14.3. The quantitative estimate of drug-likeness (QED) is 0.719. The van der Waals surface area contributed by atoms with Crippen LogP contribution >= 0.6 is 0 Å². The van der Waals surface area contributed by atoms with Crippen LogP contribution in [0.3, 0.4) is 0 Å². The number of fused-ring (bicyclic) bond motifs is 2. The highest BCUT2D eigenvalue weighted by atomic mass is 16.5. The fraction of sp³-hybridized carbons (Fsp3) is 0.389. The topological polar surface area (TPSA) is 64.7 Å². The number of rotatable bonds is 4. The summed E-state index contributed by atoms with van der Waals surface area (Å²) in [6.45, 7) is 2.29. The van der Waals surface area contributed by atoms with Gasteiger partial charge in [-0.05, 0) is 25.1 Å². The normalized spacial score (nSPS) is 16.8. The second-order valence-corrected chi connectivity index (χ2v) is 6.59. The monoisotopic (exact) mass is 339 g/mol. The smallest absolute Gasteiger partial charge is 0.295 e. The second-order valence-electron chi connectivity index (χ2n) is 6.59. The minimum Gasteiger partial charge on any atom is -0.493 e. The second kappa shape index (κ2) is 6.33. The number of benzene rings is 1. The third-order valence-corrected chi connectivity index (χ3v) is 4.74. The SMILES string of the molecule is CN(Cc1nnc2c(=O)n(C)ccn12)CC1CCOc2ccccc21. The summed E-state index contributed by atoms with van der Waals surface area (Å²) < 4.78 is 9.03. The molecule has 4 rings (SSSR count). The van der Waals surface area contributed by atoms with E-state index in [0.29, 0.717) is 18.1 Å². The van der Waals surface area contributed by atoms with Crippen molar-refractivity contribution in [3.05, 3.63) is 58.4 Å². The molecule has 7 nitrogen and oxygen atoms in total. The maximum atomic E-state index is 12.1. The Morgan fingerprint density at radius 3 is 3.00 bits per heavy atom. The molecule has 0 bridgehead atoms. The first-order valence-corrected chi connectivity index (χ1v) is 8.43. The largest absolute Gasteiger partial charge is 0.493 e. The lowest BCUT2D eigenvalue weighted by Crippen LogP contribution is -2.28. The van der Waals surface area contributed by atoms with Gasteiger partial charge in [0.1, 0.15) is 5.75 Å². The van der Waals surface area contributed by atoms with E-state index >= 15 is 0 Å². The number of nitrogens with zero attached hydrogens (tertiary/aromatic N) is 5. The fourth-order valence-electron chi connectivity index (χ4n) is 3.41. The average molecular weight is 339 g/mol. The predicted molar refractivity (Wildman–Crippen MR) is 93.9 cm³/mol. The summed E-state index contributed by atoms with van der Waals surface area (Å²) in [5.41, 5.74) is 1.49. The zero-order valence-corrected chi connectivity index (χ0v) is 14.4. The van der Waals surface area contributed by atoms with Crippen LogP contribution in [0.4, 0.5) is 0 Å². The van der Waals surface area contributed by atoms with Gasteiger partial charge in [0, 0.05) is 31.9 Å². The molecule has 2 aromatic heterocycles. The third kappa shape index (κ3) is 2.91. The van der Waals surface area contributed by atoms with E-state index in [2.05, 4.69) is 34.3 Å². The lowest BCUT2D eigenvalue weighted by molar-refractivity contribution is 0.226. The van der Waals surface area contributed by atoms with Crippen LogP contribution in [-0.4, -0.2) is 44.3 Å². The molecular weight excluding hydrogens is 318 g/mol. The van der Waals surface area contributed by atoms with Gasteiger partial charge in [-0.1, -0.05) is 18.2 Å². The first-order valence-electron chi connectivity index (χ1n) is 8.43. The third-order valence-electron chi connectivity index (χ3n) is 4.74. The van der Waals surface area contributed by atoms with Gasteiger partial charge >= 0.3 is 0 Å². The Labute approximate surface area is 145 Å². The summed E-state index contributed by atoms with van der Waals surface area (Å²) in [6, 6.07) is 8.24. The van der Waals surface area contributed by atoms with Crippen molar-refractivity contribution < 1.29 is 4.74 Å². The maximum Gasteiger partial charge on any atom is 0.295 e. The molecular formula is C18H21N5O2. The maximum absolute atomic E-state index is 12.1. The van der Waals surface area contributed by atoms with Crippen LogP contribution in [-0.2, 0) is 13.6 Å². The van der Waals surface area contributed by atoms with Crippen LogP contribution in [0.1, 0.15) is 23.7 Å². The summed E-state index contributed by atoms with van der Waals surface area (Å²) in [5, 5.41) is 8.26. The van der Waals surface area contributed by atoms with Gasteiger partial charge in [-0.3, -0.25) is 14.1 Å². The lowest BCUT2D eigenvalue weighted by atomic mass is 9.93. The molecule has 1 unspecified atom stereocenters.